The lowest BCUT2D eigenvalue weighted by Crippen LogP contribution is -2.15. The highest BCUT2D eigenvalue weighted by atomic mass is 35.5. The highest BCUT2D eigenvalue weighted by Crippen LogP contribution is 2.32. The van der Waals surface area contributed by atoms with Crippen LogP contribution in [0.15, 0.2) is 18.2 Å². The molecule has 1 aromatic heterocycles. The number of aryl methyl sites for hydroxylation is 1. The summed E-state index contributed by atoms with van der Waals surface area (Å²) in [4.78, 5) is 0. The average molecular weight is 329 g/mol. The van der Waals surface area contributed by atoms with Crippen molar-refractivity contribution in [2.24, 2.45) is 11.5 Å². The van der Waals surface area contributed by atoms with Gasteiger partial charge in [-0.15, -0.1) is 0 Å². The van der Waals surface area contributed by atoms with Crippen LogP contribution >= 0.6 is 23.2 Å². The first kappa shape index (κ1) is 16.1. The maximum absolute atomic E-state index is 5.99. The van der Waals surface area contributed by atoms with Gasteiger partial charge in [-0.05, 0) is 24.6 Å². The predicted octanol–water partition coefficient (Wildman–Crippen LogP) is 2.96. The van der Waals surface area contributed by atoms with E-state index < -0.39 is 0 Å². The van der Waals surface area contributed by atoms with Crippen molar-refractivity contribution >= 4 is 23.2 Å². The molecule has 0 aliphatic rings. The minimum atomic E-state index is 0.316. The zero-order chi connectivity index (χ0) is 15.4. The van der Waals surface area contributed by atoms with Crippen LogP contribution in [-0.4, -0.2) is 16.3 Å². The quantitative estimate of drug-likeness (QED) is 0.854. The van der Waals surface area contributed by atoms with Crippen molar-refractivity contribution in [2.45, 2.75) is 26.4 Å². The number of rotatable bonds is 6. The lowest BCUT2D eigenvalue weighted by Gasteiger charge is -2.09. The topological polar surface area (TPSA) is 79.1 Å². The number of benzene rings is 1. The Bertz CT molecular complexity index is 607. The fourth-order valence-electron chi connectivity index (χ4n) is 2.09. The number of hydrogen-bond acceptors (Lipinski definition) is 4. The molecule has 0 spiro atoms. The Balaban J connectivity index is 2.41. The van der Waals surface area contributed by atoms with Crippen molar-refractivity contribution in [3.05, 3.63) is 39.6 Å². The van der Waals surface area contributed by atoms with Crippen molar-refractivity contribution < 1.29 is 4.74 Å². The molecule has 0 aliphatic heterocycles. The van der Waals surface area contributed by atoms with E-state index in [2.05, 4.69) is 5.10 Å². The Morgan fingerprint density at radius 1 is 1.19 bits per heavy atom. The van der Waals surface area contributed by atoms with Gasteiger partial charge in [0.05, 0.1) is 12.2 Å². The van der Waals surface area contributed by atoms with E-state index in [-0.39, 0.29) is 0 Å². The van der Waals surface area contributed by atoms with Gasteiger partial charge in [-0.2, -0.15) is 5.10 Å². The molecule has 0 atom stereocenters. The van der Waals surface area contributed by atoms with E-state index in [0.717, 1.165) is 17.8 Å². The van der Waals surface area contributed by atoms with Crippen LogP contribution in [0.2, 0.25) is 10.0 Å². The largest absolute Gasteiger partial charge is 0.453 e. The van der Waals surface area contributed by atoms with Gasteiger partial charge in [-0.3, -0.25) is 4.68 Å². The maximum atomic E-state index is 5.99. The number of ether oxygens (including phenoxy) is 1. The summed E-state index contributed by atoms with van der Waals surface area (Å²) in [6.07, 6.45) is 0.730. The summed E-state index contributed by atoms with van der Waals surface area (Å²) in [5.41, 5.74) is 13.1. The van der Waals surface area contributed by atoms with E-state index >= 15 is 0 Å². The average Bonchev–Trinajstić information content (AvgIpc) is 2.75. The summed E-state index contributed by atoms with van der Waals surface area (Å²) < 4.78 is 7.73. The highest BCUT2D eigenvalue weighted by molar-refractivity contribution is 6.34. The molecule has 0 aliphatic carbocycles. The molecule has 0 fully saturated rings. The monoisotopic (exact) mass is 328 g/mol. The van der Waals surface area contributed by atoms with Gasteiger partial charge >= 0.3 is 0 Å². The molecule has 1 heterocycles. The van der Waals surface area contributed by atoms with Crippen LogP contribution in [-0.2, 0) is 19.5 Å². The van der Waals surface area contributed by atoms with Gasteiger partial charge in [-0.1, -0.05) is 30.1 Å². The SMILES string of the molecule is CCc1nn(CCN)c(CN)c1Oc1cc(Cl)cc(Cl)c1. The molecule has 0 unspecified atom stereocenters. The van der Waals surface area contributed by atoms with Gasteiger partial charge < -0.3 is 16.2 Å². The van der Waals surface area contributed by atoms with Gasteiger partial charge in [0.15, 0.2) is 5.75 Å². The normalized spacial score (nSPS) is 10.9. The molecule has 7 heteroatoms. The molecular weight excluding hydrogens is 311 g/mol. The van der Waals surface area contributed by atoms with Gasteiger partial charge in [0, 0.05) is 23.1 Å². The van der Waals surface area contributed by atoms with Crippen molar-refractivity contribution in [3.63, 3.8) is 0 Å². The minimum absolute atomic E-state index is 0.316. The first-order valence-electron chi connectivity index (χ1n) is 6.71. The van der Waals surface area contributed by atoms with Gasteiger partial charge in [0.2, 0.25) is 0 Å². The minimum Gasteiger partial charge on any atom is -0.453 e. The third kappa shape index (κ3) is 3.68. The second-order valence-electron chi connectivity index (χ2n) is 4.50. The molecular formula is C14H18Cl2N4O. The first-order valence-corrected chi connectivity index (χ1v) is 7.47. The van der Waals surface area contributed by atoms with Crippen molar-refractivity contribution in [3.8, 4) is 11.5 Å². The zero-order valence-corrected chi connectivity index (χ0v) is 13.3. The maximum Gasteiger partial charge on any atom is 0.173 e. The van der Waals surface area contributed by atoms with E-state index in [4.69, 9.17) is 39.4 Å². The van der Waals surface area contributed by atoms with Crippen molar-refractivity contribution in [1.82, 2.24) is 9.78 Å². The number of hydrogen-bond donors (Lipinski definition) is 2. The third-order valence-corrected chi connectivity index (χ3v) is 3.44. The Hall–Kier alpha value is -1.27. The lowest BCUT2D eigenvalue weighted by molar-refractivity contribution is 0.467. The van der Waals surface area contributed by atoms with E-state index in [1.54, 1.807) is 22.9 Å². The molecule has 0 saturated carbocycles. The van der Waals surface area contributed by atoms with E-state index in [1.807, 2.05) is 6.92 Å². The predicted molar refractivity (Wildman–Crippen MR) is 85.1 cm³/mol. The third-order valence-electron chi connectivity index (χ3n) is 3.00. The fourth-order valence-corrected chi connectivity index (χ4v) is 2.60. The standard InChI is InChI=1S/C14H18Cl2N4O/c1-2-12-14(13(8-18)20(19-12)4-3-17)21-11-6-9(15)5-10(16)7-11/h5-7H,2-4,8,17-18H2,1H3. The Morgan fingerprint density at radius 3 is 2.38 bits per heavy atom. The van der Waals surface area contributed by atoms with Gasteiger partial charge in [0.1, 0.15) is 11.4 Å². The van der Waals surface area contributed by atoms with Gasteiger partial charge in [0.25, 0.3) is 0 Å². The van der Waals surface area contributed by atoms with Crippen LogP contribution in [0.4, 0.5) is 0 Å². The second kappa shape index (κ2) is 7.13. The van der Waals surface area contributed by atoms with E-state index in [1.165, 1.54) is 0 Å². The van der Waals surface area contributed by atoms with Crippen LogP contribution in [0.3, 0.4) is 0 Å². The second-order valence-corrected chi connectivity index (χ2v) is 5.37. The van der Waals surface area contributed by atoms with Crippen molar-refractivity contribution in [2.75, 3.05) is 6.54 Å². The van der Waals surface area contributed by atoms with Crippen LogP contribution in [0.5, 0.6) is 11.5 Å². The molecule has 0 saturated heterocycles. The fraction of sp³-hybridized carbons (Fsp3) is 0.357. The smallest absolute Gasteiger partial charge is 0.173 e. The summed E-state index contributed by atoms with van der Waals surface area (Å²) in [5, 5.41) is 5.52. The highest BCUT2D eigenvalue weighted by Gasteiger charge is 2.18. The summed E-state index contributed by atoms with van der Waals surface area (Å²) >= 11 is 12.0. The molecule has 0 bridgehead atoms. The Labute approximate surface area is 133 Å². The molecule has 21 heavy (non-hydrogen) atoms. The summed E-state index contributed by atoms with van der Waals surface area (Å²) in [5.74, 6) is 1.22. The zero-order valence-electron chi connectivity index (χ0n) is 11.8. The number of nitrogens with zero attached hydrogens (tertiary/aromatic N) is 2. The number of aromatic nitrogens is 2. The first-order chi connectivity index (χ1) is 10.1. The van der Waals surface area contributed by atoms with Crippen LogP contribution in [0.25, 0.3) is 0 Å². The summed E-state index contributed by atoms with van der Waals surface area (Å²) in [6, 6.07) is 5.05. The number of halogens is 2. The molecule has 0 radical (unpaired) electrons. The Kier molecular flexibility index (Phi) is 5.47. The van der Waals surface area contributed by atoms with Crippen LogP contribution in [0, 0.1) is 0 Å². The molecule has 4 N–H and O–H groups in total. The molecule has 2 rings (SSSR count). The molecule has 5 nitrogen and oxygen atoms in total. The summed E-state index contributed by atoms with van der Waals surface area (Å²) in [7, 11) is 0. The van der Waals surface area contributed by atoms with Gasteiger partial charge in [-0.25, -0.2) is 0 Å². The van der Waals surface area contributed by atoms with E-state index in [9.17, 15) is 0 Å². The molecule has 1 aromatic carbocycles. The lowest BCUT2D eigenvalue weighted by atomic mass is 10.2. The summed E-state index contributed by atoms with van der Waals surface area (Å²) in [6.45, 7) is 3.41. The number of nitrogens with two attached hydrogens (primary N) is 2. The molecule has 0 amide bonds. The van der Waals surface area contributed by atoms with Crippen molar-refractivity contribution in [1.29, 1.82) is 0 Å². The molecule has 2 aromatic rings. The van der Waals surface area contributed by atoms with Crippen LogP contribution < -0.4 is 16.2 Å². The molecule has 114 valence electrons. The Morgan fingerprint density at radius 2 is 1.86 bits per heavy atom. The van der Waals surface area contributed by atoms with Crippen LogP contribution in [0.1, 0.15) is 18.3 Å². The van der Waals surface area contributed by atoms with E-state index in [0.29, 0.717) is 41.2 Å².